The van der Waals surface area contributed by atoms with E-state index in [0.29, 0.717) is 0 Å². The fraction of sp³-hybridized carbons (Fsp3) is 1.00. The van der Waals surface area contributed by atoms with Crippen LogP contribution >= 0.6 is 13.5 Å². The molecule has 8 heavy (non-hydrogen) atoms. The maximum Gasteiger partial charge on any atom is 0.0560 e. The van der Waals surface area contributed by atoms with Crippen LogP contribution in [0.3, 0.4) is 0 Å². The molecule has 0 aliphatic heterocycles. The minimum Gasteiger partial charge on any atom is -0.393 e. The molecule has 0 fully saturated rings. The number of hydrogen-bond acceptors (Lipinski definition) is 1. The smallest absolute Gasteiger partial charge is 0.0560 e. The molecule has 1 N–H and O–H groups in total. The Labute approximate surface area is 58.6 Å². The highest BCUT2D eigenvalue weighted by Crippen LogP contribution is 2.17. The Balaban J connectivity index is 0. The summed E-state index contributed by atoms with van der Waals surface area (Å²) in [6.45, 7) is 7.84. The molecule has 1 atom stereocenters. The molecule has 0 bridgehead atoms. The second kappa shape index (κ2) is 3.36. The summed E-state index contributed by atoms with van der Waals surface area (Å²) in [6.07, 6.45) is -0.201. The van der Waals surface area contributed by atoms with Gasteiger partial charge in [0, 0.05) is 0 Å². The van der Waals surface area contributed by atoms with Crippen molar-refractivity contribution in [2.24, 2.45) is 5.41 Å². The van der Waals surface area contributed by atoms with Gasteiger partial charge < -0.3 is 5.11 Å². The quantitative estimate of drug-likeness (QED) is 0.535. The summed E-state index contributed by atoms with van der Waals surface area (Å²) < 4.78 is 0. The van der Waals surface area contributed by atoms with E-state index in [2.05, 4.69) is 0 Å². The average molecular weight is 136 g/mol. The van der Waals surface area contributed by atoms with Gasteiger partial charge in [-0.2, -0.15) is 13.5 Å². The Kier molecular flexibility index (Phi) is 4.68. The second-order valence-corrected chi connectivity index (χ2v) is 3.04. The van der Waals surface area contributed by atoms with Crippen LogP contribution in [0.15, 0.2) is 0 Å². The normalized spacial score (nSPS) is 14.6. The zero-order chi connectivity index (χ0) is 6.08. The van der Waals surface area contributed by atoms with Gasteiger partial charge in [0.1, 0.15) is 0 Å². The molecule has 0 aromatic carbocycles. The van der Waals surface area contributed by atoms with Gasteiger partial charge in [0.15, 0.2) is 0 Å². The third-order valence-electron chi connectivity index (χ3n) is 1.25. The molecule has 0 saturated heterocycles. The highest BCUT2D eigenvalue weighted by molar-refractivity contribution is 7.59. The maximum atomic E-state index is 8.89. The first-order valence-corrected chi connectivity index (χ1v) is 2.62. The summed E-state index contributed by atoms with van der Waals surface area (Å²) in [7, 11) is 0. The largest absolute Gasteiger partial charge is 0.393 e. The van der Waals surface area contributed by atoms with E-state index in [-0.39, 0.29) is 25.0 Å². The zero-order valence-electron chi connectivity index (χ0n) is 6.02. The lowest BCUT2D eigenvalue weighted by Gasteiger charge is -2.21. The summed E-state index contributed by atoms with van der Waals surface area (Å²) in [5, 5.41) is 8.89. The minimum atomic E-state index is -0.201. The van der Waals surface area contributed by atoms with Gasteiger partial charge in [-0.3, -0.25) is 0 Å². The van der Waals surface area contributed by atoms with Crippen molar-refractivity contribution in [3.63, 3.8) is 0 Å². The monoisotopic (exact) mass is 136 g/mol. The third-order valence-corrected chi connectivity index (χ3v) is 1.25. The number of aliphatic hydroxyl groups excluding tert-OH is 1. The molecular weight excluding hydrogens is 120 g/mol. The van der Waals surface area contributed by atoms with Crippen molar-refractivity contribution in [2.75, 3.05) is 0 Å². The average Bonchev–Trinajstić information content (AvgIpc) is 1.31. The van der Waals surface area contributed by atoms with Gasteiger partial charge >= 0.3 is 0 Å². The van der Waals surface area contributed by atoms with Gasteiger partial charge in [0.25, 0.3) is 0 Å². The first-order chi connectivity index (χ1) is 2.94. The van der Waals surface area contributed by atoms with Gasteiger partial charge in [-0.25, -0.2) is 0 Å². The highest BCUT2D eigenvalue weighted by atomic mass is 32.1. The van der Waals surface area contributed by atoms with E-state index in [1.807, 2.05) is 20.8 Å². The van der Waals surface area contributed by atoms with Crippen molar-refractivity contribution < 1.29 is 5.11 Å². The molecule has 1 nitrogen and oxygen atoms in total. The van der Waals surface area contributed by atoms with E-state index in [1.165, 1.54) is 0 Å². The van der Waals surface area contributed by atoms with Crippen molar-refractivity contribution in [2.45, 2.75) is 33.8 Å². The molecule has 0 aliphatic carbocycles. The van der Waals surface area contributed by atoms with E-state index in [1.54, 1.807) is 6.92 Å². The fourth-order valence-electron chi connectivity index (χ4n) is 0. The van der Waals surface area contributed by atoms with Crippen molar-refractivity contribution in [3.05, 3.63) is 0 Å². The molecule has 0 aliphatic rings. The predicted molar refractivity (Wildman–Crippen MR) is 41.5 cm³/mol. The lowest BCUT2D eigenvalue weighted by atomic mass is 9.91. The van der Waals surface area contributed by atoms with Gasteiger partial charge in [0.05, 0.1) is 6.10 Å². The van der Waals surface area contributed by atoms with E-state index in [4.69, 9.17) is 5.11 Å². The van der Waals surface area contributed by atoms with Gasteiger partial charge in [-0.05, 0) is 12.3 Å². The molecule has 0 saturated carbocycles. The van der Waals surface area contributed by atoms with Crippen molar-refractivity contribution >= 4 is 13.5 Å². The summed E-state index contributed by atoms with van der Waals surface area (Å²) in [6, 6.07) is 0. The Morgan fingerprint density at radius 2 is 1.38 bits per heavy atom. The van der Waals surface area contributed by atoms with Gasteiger partial charge in [0.2, 0.25) is 0 Å². The molecule has 52 valence electrons. The van der Waals surface area contributed by atoms with Crippen LogP contribution in [0.1, 0.15) is 27.7 Å². The Morgan fingerprint density at radius 1 is 1.25 bits per heavy atom. The second-order valence-electron chi connectivity index (χ2n) is 3.04. The number of aliphatic hydroxyl groups is 1. The van der Waals surface area contributed by atoms with Crippen molar-refractivity contribution in [3.8, 4) is 0 Å². The molecule has 0 radical (unpaired) electrons. The van der Waals surface area contributed by atoms with Crippen LogP contribution in [0.25, 0.3) is 0 Å². The molecule has 0 unspecified atom stereocenters. The van der Waals surface area contributed by atoms with E-state index >= 15 is 0 Å². The van der Waals surface area contributed by atoms with E-state index in [0.717, 1.165) is 0 Å². The molecule has 0 amide bonds. The molecule has 0 aromatic heterocycles. The lowest BCUT2D eigenvalue weighted by molar-refractivity contribution is 0.0801. The van der Waals surface area contributed by atoms with E-state index < -0.39 is 0 Å². The molecule has 0 heterocycles. The molecule has 0 spiro atoms. The first kappa shape index (κ1) is 11.2. The van der Waals surface area contributed by atoms with E-state index in [9.17, 15) is 0 Å². The van der Waals surface area contributed by atoms with Crippen molar-refractivity contribution in [1.29, 1.82) is 0 Å². The Bertz CT molecular complexity index is 54.0. The molecule has 2 heteroatoms. The number of hydrogen-bond donors (Lipinski definition) is 1. The summed E-state index contributed by atoms with van der Waals surface area (Å²) in [4.78, 5) is 0. The lowest BCUT2D eigenvalue weighted by Crippen LogP contribution is -2.21. The molecule has 0 rings (SSSR count). The van der Waals surface area contributed by atoms with Crippen molar-refractivity contribution in [1.82, 2.24) is 0 Å². The molecular formula is C6H16OS. The van der Waals surface area contributed by atoms with Gasteiger partial charge in [-0.15, -0.1) is 0 Å². The van der Waals surface area contributed by atoms with Crippen LogP contribution in [0.2, 0.25) is 0 Å². The van der Waals surface area contributed by atoms with Crippen LogP contribution in [0.4, 0.5) is 0 Å². The summed E-state index contributed by atoms with van der Waals surface area (Å²) >= 11 is 0. The van der Waals surface area contributed by atoms with Gasteiger partial charge in [-0.1, -0.05) is 20.8 Å². The maximum absolute atomic E-state index is 8.89. The van der Waals surface area contributed by atoms with Crippen LogP contribution in [-0.4, -0.2) is 11.2 Å². The van der Waals surface area contributed by atoms with Crippen LogP contribution in [0.5, 0.6) is 0 Å². The fourth-order valence-corrected chi connectivity index (χ4v) is 0. The third kappa shape index (κ3) is 4.47. The van der Waals surface area contributed by atoms with Crippen LogP contribution < -0.4 is 0 Å². The predicted octanol–water partition coefficient (Wildman–Crippen LogP) is 1.53. The SMILES string of the molecule is C[C@H](O)C(C)(C)C.S. The summed E-state index contributed by atoms with van der Waals surface area (Å²) in [5.74, 6) is 0. The minimum absolute atomic E-state index is 0. The Hall–Kier alpha value is 0.310. The number of rotatable bonds is 0. The topological polar surface area (TPSA) is 20.2 Å². The Morgan fingerprint density at radius 3 is 1.38 bits per heavy atom. The highest BCUT2D eigenvalue weighted by Gasteiger charge is 2.15. The first-order valence-electron chi connectivity index (χ1n) is 2.62. The molecule has 0 aromatic rings. The standard InChI is InChI=1S/C6H14O.H2S/c1-5(7)6(2,3)4;/h5,7H,1-4H3;1H2/t5-;/m0./s1. The summed E-state index contributed by atoms with van der Waals surface area (Å²) in [5.41, 5.74) is 0.0556. The van der Waals surface area contributed by atoms with Crippen LogP contribution in [0, 0.1) is 5.41 Å². The van der Waals surface area contributed by atoms with Crippen LogP contribution in [-0.2, 0) is 0 Å². The zero-order valence-corrected chi connectivity index (χ0v) is 7.02.